The SMILES string of the molecule is CC(C)CN(CC(C)C)C(=[Se])NC1CCCCC1. The van der Waals surface area contributed by atoms with Crippen LogP contribution in [-0.4, -0.2) is 44.3 Å². The molecule has 0 atom stereocenters. The summed E-state index contributed by atoms with van der Waals surface area (Å²) in [5.74, 6) is 1.42. The molecular weight excluding hydrogens is 287 g/mol. The molecule has 1 rings (SSSR count). The fraction of sp³-hybridized carbons (Fsp3) is 0.933. The molecule has 0 bridgehead atoms. The van der Waals surface area contributed by atoms with Crippen LogP contribution in [0.3, 0.4) is 0 Å². The Balaban J connectivity index is 2.46. The number of nitrogens with one attached hydrogen (secondary N) is 1. The minimum atomic E-state index is 0.692. The van der Waals surface area contributed by atoms with Crippen molar-refractivity contribution in [3.05, 3.63) is 0 Å². The van der Waals surface area contributed by atoms with Crippen LogP contribution in [0.25, 0.3) is 0 Å². The molecule has 0 aromatic rings. The van der Waals surface area contributed by atoms with Crippen LogP contribution in [0.15, 0.2) is 0 Å². The minimum absolute atomic E-state index is 0.692. The molecule has 0 saturated heterocycles. The van der Waals surface area contributed by atoms with Crippen LogP contribution in [0.1, 0.15) is 59.8 Å². The molecule has 1 aliphatic rings. The van der Waals surface area contributed by atoms with Gasteiger partial charge in [-0.25, -0.2) is 0 Å². The molecule has 1 saturated carbocycles. The second-order valence-electron chi connectivity index (χ2n) is 6.48. The fourth-order valence-corrected chi connectivity index (χ4v) is 3.30. The predicted octanol–water partition coefficient (Wildman–Crippen LogP) is 2.78. The Bertz CT molecular complexity index is 235. The van der Waals surface area contributed by atoms with E-state index in [2.05, 4.69) is 53.5 Å². The van der Waals surface area contributed by atoms with Gasteiger partial charge in [-0.3, -0.25) is 0 Å². The molecule has 3 heteroatoms. The third-order valence-electron chi connectivity index (χ3n) is 3.39. The van der Waals surface area contributed by atoms with E-state index < -0.39 is 0 Å². The molecule has 1 N–H and O–H groups in total. The van der Waals surface area contributed by atoms with Crippen molar-refractivity contribution < 1.29 is 0 Å². The zero-order valence-corrected chi connectivity index (χ0v) is 14.3. The molecule has 0 aliphatic heterocycles. The van der Waals surface area contributed by atoms with E-state index in [4.69, 9.17) is 0 Å². The molecule has 18 heavy (non-hydrogen) atoms. The topological polar surface area (TPSA) is 15.3 Å². The van der Waals surface area contributed by atoms with Gasteiger partial charge in [0.2, 0.25) is 0 Å². The van der Waals surface area contributed by atoms with Gasteiger partial charge in [0, 0.05) is 0 Å². The summed E-state index contributed by atoms with van der Waals surface area (Å²) in [6.07, 6.45) is 6.87. The average molecular weight is 317 g/mol. The Morgan fingerprint density at radius 3 is 2.00 bits per heavy atom. The van der Waals surface area contributed by atoms with E-state index in [1.54, 1.807) is 0 Å². The fourth-order valence-electron chi connectivity index (χ4n) is 2.63. The zero-order chi connectivity index (χ0) is 13.5. The molecule has 0 radical (unpaired) electrons. The van der Waals surface area contributed by atoms with E-state index in [0.29, 0.717) is 17.9 Å². The van der Waals surface area contributed by atoms with E-state index in [1.807, 2.05) is 0 Å². The number of rotatable bonds is 7. The first-order chi connectivity index (χ1) is 8.49. The van der Waals surface area contributed by atoms with Gasteiger partial charge in [0.1, 0.15) is 0 Å². The van der Waals surface area contributed by atoms with Gasteiger partial charge in [0.15, 0.2) is 0 Å². The molecule has 0 unspecified atom stereocenters. The van der Waals surface area contributed by atoms with Crippen LogP contribution >= 0.6 is 0 Å². The summed E-state index contributed by atoms with van der Waals surface area (Å²) >= 11 is 3.27. The average Bonchev–Trinajstić information content (AvgIpc) is 2.28. The summed E-state index contributed by atoms with van der Waals surface area (Å²) in [5, 5.41) is 3.72. The van der Waals surface area contributed by atoms with Crippen molar-refractivity contribution in [3.63, 3.8) is 0 Å². The van der Waals surface area contributed by atoms with Gasteiger partial charge in [0.05, 0.1) is 0 Å². The van der Waals surface area contributed by atoms with Crippen molar-refractivity contribution in [1.29, 1.82) is 0 Å². The molecule has 0 heterocycles. The number of hydrogen-bond donors (Lipinski definition) is 1. The summed E-state index contributed by atoms with van der Waals surface area (Å²) in [6.45, 7) is 11.4. The van der Waals surface area contributed by atoms with Crippen molar-refractivity contribution in [2.45, 2.75) is 65.8 Å². The molecular formula is C15H30N2Se. The monoisotopic (exact) mass is 318 g/mol. The Morgan fingerprint density at radius 1 is 1.06 bits per heavy atom. The van der Waals surface area contributed by atoms with Crippen LogP contribution in [0.5, 0.6) is 0 Å². The Labute approximate surface area is 121 Å². The van der Waals surface area contributed by atoms with Crippen LogP contribution in [0, 0.1) is 11.8 Å². The zero-order valence-electron chi connectivity index (χ0n) is 12.5. The third kappa shape index (κ3) is 6.24. The van der Waals surface area contributed by atoms with Gasteiger partial charge >= 0.3 is 121 Å². The van der Waals surface area contributed by atoms with E-state index in [1.165, 1.54) is 36.8 Å². The maximum atomic E-state index is 3.72. The van der Waals surface area contributed by atoms with Crippen molar-refractivity contribution in [1.82, 2.24) is 10.2 Å². The van der Waals surface area contributed by atoms with Gasteiger partial charge < -0.3 is 0 Å². The molecule has 1 aliphatic carbocycles. The number of hydrogen-bond acceptors (Lipinski definition) is 2. The van der Waals surface area contributed by atoms with Gasteiger partial charge in [-0.15, -0.1) is 0 Å². The van der Waals surface area contributed by atoms with Gasteiger partial charge in [-0.2, -0.15) is 0 Å². The van der Waals surface area contributed by atoms with Crippen LogP contribution < -0.4 is 5.32 Å². The predicted molar refractivity (Wildman–Crippen MR) is 82.0 cm³/mol. The summed E-state index contributed by atoms with van der Waals surface area (Å²) < 4.78 is 1.27. The van der Waals surface area contributed by atoms with Crippen molar-refractivity contribution in [3.8, 4) is 0 Å². The van der Waals surface area contributed by atoms with E-state index in [9.17, 15) is 0 Å². The Hall–Kier alpha value is -0.0105. The second-order valence-corrected chi connectivity index (χ2v) is 7.29. The molecule has 0 amide bonds. The van der Waals surface area contributed by atoms with Crippen LogP contribution in [-0.2, 0) is 0 Å². The summed E-state index contributed by atoms with van der Waals surface area (Å²) in [4.78, 5) is 2.49. The normalized spacial score (nSPS) is 17.2. The van der Waals surface area contributed by atoms with Crippen LogP contribution in [0.2, 0.25) is 0 Å². The van der Waals surface area contributed by atoms with Crippen molar-refractivity contribution in [2.24, 2.45) is 11.8 Å². The first-order valence-electron chi connectivity index (χ1n) is 7.54. The molecule has 0 aromatic heterocycles. The maximum absolute atomic E-state index is 3.72. The van der Waals surface area contributed by atoms with E-state index in [0.717, 1.165) is 13.1 Å². The molecule has 106 valence electrons. The third-order valence-corrected chi connectivity index (χ3v) is 4.18. The molecule has 0 spiro atoms. The van der Waals surface area contributed by atoms with Gasteiger partial charge in [-0.1, -0.05) is 0 Å². The molecule has 1 fully saturated rings. The summed E-state index contributed by atoms with van der Waals surface area (Å²) in [6, 6.07) is 0.692. The van der Waals surface area contributed by atoms with Gasteiger partial charge in [0.25, 0.3) is 0 Å². The summed E-state index contributed by atoms with van der Waals surface area (Å²) in [5.41, 5.74) is 0. The van der Waals surface area contributed by atoms with E-state index in [-0.39, 0.29) is 0 Å². The molecule has 0 aromatic carbocycles. The first-order valence-corrected chi connectivity index (χ1v) is 8.40. The van der Waals surface area contributed by atoms with Crippen molar-refractivity contribution >= 4 is 20.2 Å². The standard InChI is InChI=1S/C15H30N2Se/c1-12(2)10-17(11-13(3)4)15(18)16-14-8-6-5-7-9-14/h12-14H,5-11H2,1-4H3,(H,16,18). The Morgan fingerprint density at radius 2 is 1.56 bits per heavy atom. The van der Waals surface area contributed by atoms with E-state index >= 15 is 0 Å². The second kappa shape index (κ2) is 8.22. The van der Waals surface area contributed by atoms with Crippen LogP contribution in [0.4, 0.5) is 0 Å². The van der Waals surface area contributed by atoms with Gasteiger partial charge in [-0.05, 0) is 0 Å². The molecule has 2 nitrogen and oxygen atoms in total. The summed E-state index contributed by atoms with van der Waals surface area (Å²) in [7, 11) is 0. The first kappa shape index (κ1) is 16.0. The Kier molecular flexibility index (Phi) is 7.33. The number of nitrogens with zero attached hydrogens (tertiary/aromatic N) is 1. The van der Waals surface area contributed by atoms with Crippen molar-refractivity contribution in [2.75, 3.05) is 13.1 Å². The quantitative estimate of drug-likeness (QED) is 0.727.